The van der Waals surface area contributed by atoms with Gasteiger partial charge in [0.1, 0.15) is 0 Å². The summed E-state index contributed by atoms with van der Waals surface area (Å²) in [6, 6.07) is 8.24. The quantitative estimate of drug-likeness (QED) is 0.439. The van der Waals surface area contributed by atoms with E-state index in [0.29, 0.717) is 39.8 Å². The number of nitrogens with two attached hydrogens (primary N) is 1. The maximum atomic E-state index is 6.27. The molecule has 6 nitrogen and oxygen atoms in total. The lowest BCUT2D eigenvalue weighted by Crippen LogP contribution is -2.10. The van der Waals surface area contributed by atoms with Crippen LogP contribution in [0.1, 0.15) is 5.56 Å². The number of nitrogens with zero attached hydrogens (tertiary/aromatic N) is 5. The second-order valence-electron chi connectivity index (χ2n) is 6.23. The lowest BCUT2D eigenvalue weighted by atomic mass is 10.1. The molecule has 2 aliphatic rings. The van der Waals surface area contributed by atoms with Crippen molar-refractivity contribution in [3.05, 3.63) is 64.0 Å². The van der Waals surface area contributed by atoms with Crippen LogP contribution in [0.15, 0.2) is 48.4 Å². The summed E-state index contributed by atoms with van der Waals surface area (Å²) < 4.78 is 3.05. The topological polar surface area (TPSA) is 82.5 Å². The Kier molecular flexibility index (Phi) is 4.16. The summed E-state index contributed by atoms with van der Waals surface area (Å²) in [7, 11) is 0. The second-order valence-corrected chi connectivity index (χ2v) is 7.99. The largest absolute Gasteiger partial charge is 0.382 e. The Morgan fingerprint density at radius 2 is 1.89 bits per heavy atom. The standard InChI is InChI=1S/C19H12Cl2N6S/c20-13-6-23-7-14(21)12(13)8-27-9-24-17(22)16-19(27)26-18(25-16)11-1-2-15-10(5-11)3-4-28-15/h1-7,9H,8,22H2. The molecular formula is C19H12Cl2N6S. The van der Waals surface area contributed by atoms with Gasteiger partial charge in [-0.3, -0.25) is 4.98 Å². The Morgan fingerprint density at radius 3 is 2.71 bits per heavy atom. The Balaban J connectivity index is 1.63. The average molecular weight is 427 g/mol. The van der Waals surface area contributed by atoms with Crippen LogP contribution in [-0.2, 0) is 6.54 Å². The Bertz CT molecular complexity index is 1270. The molecule has 0 bridgehead atoms. The minimum atomic E-state index is 0.327. The van der Waals surface area contributed by atoms with Crippen molar-refractivity contribution < 1.29 is 0 Å². The molecule has 0 saturated heterocycles. The van der Waals surface area contributed by atoms with E-state index in [1.807, 2.05) is 10.6 Å². The van der Waals surface area contributed by atoms with Gasteiger partial charge in [0.25, 0.3) is 0 Å². The molecule has 1 aromatic carbocycles. The van der Waals surface area contributed by atoms with Gasteiger partial charge in [-0.1, -0.05) is 23.2 Å². The van der Waals surface area contributed by atoms with Gasteiger partial charge in [0.2, 0.25) is 0 Å². The summed E-state index contributed by atoms with van der Waals surface area (Å²) >= 11 is 14.2. The number of halogens is 2. The van der Waals surface area contributed by atoms with Gasteiger partial charge in [0.15, 0.2) is 23.2 Å². The van der Waals surface area contributed by atoms with E-state index >= 15 is 0 Å². The zero-order valence-corrected chi connectivity index (χ0v) is 16.6. The van der Waals surface area contributed by atoms with E-state index < -0.39 is 0 Å². The first-order valence-electron chi connectivity index (χ1n) is 8.34. The van der Waals surface area contributed by atoms with Crippen molar-refractivity contribution in [2.45, 2.75) is 6.54 Å². The predicted octanol–water partition coefficient (Wildman–Crippen LogP) is 4.99. The zero-order chi connectivity index (χ0) is 19.3. The van der Waals surface area contributed by atoms with Crippen molar-refractivity contribution >= 4 is 50.4 Å². The molecule has 138 valence electrons. The van der Waals surface area contributed by atoms with Crippen LogP contribution in [0.4, 0.5) is 5.82 Å². The van der Waals surface area contributed by atoms with E-state index in [4.69, 9.17) is 33.9 Å². The van der Waals surface area contributed by atoms with Crippen LogP contribution in [-0.4, -0.2) is 24.5 Å². The normalized spacial score (nSPS) is 11.5. The van der Waals surface area contributed by atoms with E-state index in [-0.39, 0.29) is 0 Å². The Hall–Kier alpha value is -2.74. The maximum absolute atomic E-state index is 6.27. The first-order valence-corrected chi connectivity index (χ1v) is 9.97. The molecule has 0 fully saturated rings. The van der Waals surface area contributed by atoms with Crippen molar-refractivity contribution in [3.63, 3.8) is 0 Å². The molecule has 0 aliphatic carbocycles. The van der Waals surface area contributed by atoms with E-state index in [2.05, 4.69) is 38.5 Å². The molecule has 9 heteroatoms. The predicted molar refractivity (Wildman–Crippen MR) is 113 cm³/mol. The highest BCUT2D eigenvalue weighted by molar-refractivity contribution is 7.17. The highest BCUT2D eigenvalue weighted by atomic mass is 35.5. The highest BCUT2D eigenvalue weighted by Crippen LogP contribution is 2.32. The zero-order valence-electron chi connectivity index (χ0n) is 14.3. The molecule has 3 aromatic rings. The van der Waals surface area contributed by atoms with Crippen LogP contribution < -0.4 is 5.73 Å². The molecule has 2 aromatic heterocycles. The number of nitrogen functional groups attached to an aromatic ring is 1. The van der Waals surface area contributed by atoms with E-state index in [0.717, 1.165) is 16.5 Å². The molecule has 0 amide bonds. The number of aromatic nitrogens is 5. The molecule has 5 rings (SSSR count). The number of hydrogen-bond donors (Lipinski definition) is 1. The van der Waals surface area contributed by atoms with Crippen LogP contribution in [0, 0.1) is 0 Å². The van der Waals surface area contributed by atoms with Crippen LogP contribution >= 0.6 is 34.5 Å². The third-order valence-electron chi connectivity index (χ3n) is 4.48. The average Bonchev–Trinajstić information content (AvgIpc) is 3.33. The summed E-state index contributed by atoms with van der Waals surface area (Å²) in [5.74, 6) is 1.55. The Morgan fingerprint density at radius 1 is 1.07 bits per heavy atom. The van der Waals surface area contributed by atoms with Crippen LogP contribution in [0.25, 0.3) is 33.0 Å². The first-order chi connectivity index (χ1) is 13.6. The minimum absolute atomic E-state index is 0.327. The van der Waals surface area contributed by atoms with Crippen molar-refractivity contribution in [1.82, 2.24) is 24.5 Å². The molecule has 0 spiro atoms. The van der Waals surface area contributed by atoms with Gasteiger partial charge in [0.05, 0.1) is 22.9 Å². The molecule has 28 heavy (non-hydrogen) atoms. The lowest BCUT2D eigenvalue weighted by molar-refractivity contribution is 0.762. The number of imidazole rings is 1. The molecule has 2 aliphatic heterocycles. The highest BCUT2D eigenvalue weighted by Gasteiger charge is 2.21. The van der Waals surface area contributed by atoms with Gasteiger partial charge in [0, 0.05) is 28.2 Å². The lowest BCUT2D eigenvalue weighted by Gasteiger charge is -2.13. The van der Waals surface area contributed by atoms with E-state index in [1.54, 1.807) is 30.1 Å². The number of rotatable bonds is 3. The van der Waals surface area contributed by atoms with Crippen molar-refractivity contribution in [1.29, 1.82) is 0 Å². The molecule has 0 radical (unpaired) electrons. The van der Waals surface area contributed by atoms with E-state index in [1.165, 1.54) is 4.70 Å². The number of fused-ring (bicyclic) bond motifs is 2. The molecular weight excluding hydrogens is 415 g/mol. The fourth-order valence-electron chi connectivity index (χ4n) is 3.06. The van der Waals surface area contributed by atoms with Gasteiger partial charge in [-0.2, -0.15) is 0 Å². The number of thiophene rings is 1. The summed E-state index contributed by atoms with van der Waals surface area (Å²) in [6.07, 6.45) is 4.73. The fraction of sp³-hybridized carbons (Fsp3) is 0.0526. The maximum Gasteiger partial charge on any atom is 0.166 e. The summed E-state index contributed by atoms with van der Waals surface area (Å²) in [6.45, 7) is 0.381. The molecule has 0 atom stereocenters. The molecule has 0 saturated carbocycles. The number of pyridine rings is 1. The molecule has 0 unspecified atom stereocenters. The minimum Gasteiger partial charge on any atom is -0.382 e. The number of benzene rings is 1. The summed E-state index contributed by atoms with van der Waals surface area (Å²) in [5, 5.41) is 4.18. The van der Waals surface area contributed by atoms with Gasteiger partial charge < -0.3 is 10.3 Å². The monoisotopic (exact) mass is 426 g/mol. The van der Waals surface area contributed by atoms with Crippen LogP contribution in [0.2, 0.25) is 10.0 Å². The SMILES string of the molecule is Nc1ncn(Cc2c(Cl)cncc2Cl)c2nc(-c3ccc4sccc4c3)nc1-2. The number of hydrogen-bond acceptors (Lipinski definition) is 6. The first kappa shape index (κ1) is 17.4. The van der Waals surface area contributed by atoms with Gasteiger partial charge >= 0.3 is 0 Å². The third kappa shape index (κ3) is 2.88. The smallest absolute Gasteiger partial charge is 0.166 e. The van der Waals surface area contributed by atoms with E-state index in [9.17, 15) is 0 Å². The summed E-state index contributed by atoms with van der Waals surface area (Å²) in [4.78, 5) is 17.6. The van der Waals surface area contributed by atoms with Gasteiger partial charge in [-0.15, -0.1) is 11.3 Å². The Labute approximate surface area is 174 Å². The summed E-state index contributed by atoms with van der Waals surface area (Å²) in [5.41, 5.74) is 8.26. The van der Waals surface area contributed by atoms with Crippen molar-refractivity contribution in [3.8, 4) is 22.9 Å². The van der Waals surface area contributed by atoms with Crippen molar-refractivity contribution in [2.75, 3.05) is 5.73 Å². The third-order valence-corrected chi connectivity index (χ3v) is 6.03. The molecule has 4 heterocycles. The van der Waals surface area contributed by atoms with Gasteiger partial charge in [-0.05, 0) is 35.0 Å². The van der Waals surface area contributed by atoms with Crippen molar-refractivity contribution in [2.24, 2.45) is 0 Å². The molecule has 2 N–H and O–H groups in total. The van der Waals surface area contributed by atoms with Gasteiger partial charge in [-0.25, -0.2) is 15.0 Å². The number of anilines is 1. The second kappa shape index (κ2) is 6.70. The fourth-order valence-corrected chi connectivity index (χ4v) is 4.32. The van der Waals surface area contributed by atoms with Crippen LogP contribution in [0.3, 0.4) is 0 Å². The van der Waals surface area contributed by atoms with Crippen LogP contribution in [0.5, 0.6) is 0 Å².